The van der Waals surface area contributed by atoms with Crippen LogP contribution in [-0.2, 0) is 6.42 Å². The molecule has 14 heavy (non-hydrogen) atoms. The Morgan fingerprint density at radius 3 is 2.93 bits per heavy atom. The molecule has 0 bridgehead atoms. The van der Waals surface area contributed by atoms with Gasteiger partial charge in [-0.3, -0.25) is 0 Å². The molecule has 0 aromatic carbocycles. The lowest BCUT2D eigenvalue weighted by Crippen LogP contribution is -2.15. The molecule has 0 aliphatic rings. The number of likely N-dealkylation sites (N-methyl/N-ethyl adjacent to an activating group) is 1. The lowest BCUT2D eigenvalue weighted by molar-refractivity contribution is 0.670. The lowest BCUT2D eigenvalue weighted by Gasteiger charge is -2.11. The maximum absolute atomic E-state index is 3.24. The van der Waals surface area contributed by atoms with E-state index in [1.165, 1.54) is 19.3 Å². The fraction of sp³-hybridized carbons (Fsp3) is 0.667. The monoisotopic (exact) mass is 211 g/mol. The van der Waals surface area contributed by atoms with Crippen molar-refractivity contribution in [3.05, 3.63) is 21.9 Å². The van der Waals surface area contributed by atoms with E-state index in [9.17, 15) is 0 Å². The van der Waals surface area contributed by atoms with Gasteiger partial charge in [0.25, 0.3) is 0 Å². The molecule has 0 saturated heterocycles. The van der Waals surface area contributed by atoms with Crippen LogP contribution in [0, 0.1) is 0 Å². The number of aryl methyl sites for hydroxylation is 1. The zero-order valence-electron chi connectivity index (χ0n) is 9.47. The molecule has 2 heteroatoms. The lowest BCUT2D eigenvalue weighted by atomic mass is 10.00. The van der Waals surface area contributed by atoms with Crippen molar-refractivity contribution in [2.45, 2.75) is 39.0 Å². The minimum absolute atomic E-state index is 0.651. The van der Waals surface area contributed by atoms with Crippen LogP contribution < -0.4 is 5.32 Å². The first-order valence-corrected chi connectivity index (χ1v) is 6.38. The Morgan fingerprint density at radius 1 is 1.50 bits per heavy atom. The largest absolute Gasteiger partial charge is 0.319 e. The van der Waals surface area contributed by atoms with E-state index < -0.39 is 0 Å². The van der Waals surface area contributed by atoms with Crippen LogP contribution in [0.1, 0.15) is 43.0 Å². The topological polar surface area (TPSA) is 12.0 Å². The van der Waals surface area contributed by atoms with Crippen molar-refractivity contribution in [1.82, 2.24) is 5.32 Å². The molecule has 0 spiro atoms. The van der Waals surface area contributed by atoms with E-state index in [0.717, 1.165) is 6.54 Å². The smallest absolute Gasteiger partial charge is 0.00804 e. The predicted octanol–water partition coefficient (Wildman–Crippen LogP) is 3.41. The van der Waals surface area contributed by atoms with Crippen molar-refractivity contribution in [1.29, 1.82) is 0 Å². The highest BCUT2D eigenvalue weighted by Crippen LogP contribution is 2.26. The van der Waals surface area contributed by atoms with Crippen LogP contribution >= 0.6 is 11.3 Å². The van der Waals surface area contributed by atoms with Gasteiger partial charge in [0.1, 0.15) is 0 Å². The second kappa shape index (κ2) is 6.20. The Hall–Kier alpha value is -0.340. The highest BCUT2D eigenvalue weighted by Gasteiger charge is 2.10. The fourth-order valence-electron chi connectivity index (χ4n) is 1.75. The number of hydrogen-bond donors (Lipinski definition) is 1. The third-order valence-corrected chi connectivity index (χ3v) is 3.58. The minimum atomic E-state index is 0.651. The summed E-state index contributed by atoms with van der Waals surface area (Å²) in [6, 6.07) is 2.29. The molecule has 1 aromatic rings. The van der Waals surface area contributed by atoms with Crippen molar-refractivity contribution in [3.8, 4) is 0 Å². The van der Waals surface area contributed by atoms with Gasteiger partial charge in [-0.2, -0.15) is 0 Å². The molecule has 1 N–H and O–H groups in total. The van der Waals surface area contributed by atoms with Crippen molar-refractivity contribution < 1.29 is 0 Å². The van der Waals surface area contributed by atoms with Crippen molar-refractivity contribution >= 4 is 11.3 Å². The van der Waals surface area contributed by atoms with Gasteiger partial charge in [-0.05, 0) is 42.8 Å². The van der Waals surface area contributed by atoms with E-state index in [4.69, 9.17) is 0 Å². The fourth-order valence-corrected chi connectivity index (χ4v) is 2.79. The summed E-state index contributed by atoms with van der Waals surface area (Å²) < 4.78 is 0. The molecule has 0 amide bonds. The van der Waals surface area contributed by atoms with E-state index in [1.807, 2.05) is 18.4 Å². The molecule has 1 heterocycles. The summed E-state index contributed by atoms with van der Waals surface area (Å²) in [5.41, 5.74) is 1.55. The molecular weight excluding hydrogens is 190 g/mol. The summed E-state index contributed by atoms with van der Waals surface area (Å²) in [4.78, 5) is 1.59. The number of hydrogen-bond acceptors (Lipinski definition) is 2. The van der Waals surface area contributed by atoms with Gasteiger partial charge in [-0.25, -0.2) is 0 Å². The van der Waals surface area contributed by atoms with Gasteiger partial charge >= 0.3 is 0 Å². The number of rotatable bonds is 6. The summed E-state index contributed by atoms with van der Waals surface area (Å²) in [5, 5.41) is 5.47. The van der Waals surface area contributed by atoms with Gasteiger partial charge in [0, 0.05) is 11.4 Å². The van der Waals surface area contributed by atoms with Crippen molar-refractivity contribution in [3.63, 3.8) is 0 Å². The molecule has 0 saturated carbocycles. The van der Waals surface area contributed by atoms with Gasteiger partial charge in [0.15, 0.2) is 0 Å². The van der Waals surface area contributed by atoms with Gasteiger partial charge in [-0.15, -0.1) is 11.3 Å². The maximum Gasteiger partial charge on any atom is 0.00804 e. The standard InChI is InChI=1S/C12H21NS/c1-4-5-6-12-11(7-8-14-12)10(2)9-13-3/h7-8,10,13H,4-6,9H2,1-3H3/t10-/m1/s1. The van der Waals surface area contributed by atoms with Crippen molar-refractivity contribution in [2.75, 3.05) is 13.6 Å². The molecule has 0 fully saturated rings. The second-order valence-corrected chi connectivity index (χ2v) is 4.86. The van der Waals surface area contributed by atoms with E-state index in [-0.39, 0.29) is 0 Å². The Kier molecular flexibility index (Phi) is 5.20. The van der Waals surface area contributed by atoms with Gasteiger partial charge < -0.3 is 5.32 Å². The second-order valence-electron chi connectivity index (χ2n) is 3.86. The van der Waals surface area contributed by atoms with Crippen LogP contribution in [0.5, 0.6) is 0 Å². The summed E-state index contributed by atoms with van der Waals surface area (Å²) >= 11 is 1.92. The van der Waals surface area contributed by atoms with Crippen LogP contribution in [-0.4, -0.2) is 13.6 Å². The summed E-state index contributed by atoms with van der Waals surface area (Å²) in [6.07, 6.45) is 3.87. The summed E-state index contributed by atoms with van der Waals surface area (Å²) in [5.74, 6) is 0.651. The molecule has 80 valence electrons. The number of nitrogens with one attached hydrogen (secondary N) is 1. The maximum atomic E-state index is 3.24. The molecule has 1 nitrogen and oxygen atoms in total. The predicted molar refractivity (Wildman–Crippen MR) is 65.3 cm³/mol. The average Bonchev–Trinajstić information content (AvgIpc) is 2.63. The quantitative estimate of drug-likeness (QED) is 0.760. The first-order chi connectivity index (χ1) is 6.79. The third-order valence-electron chi connectivity index (χ3n) is 2.58. The number of thiophene rings is 1. The Bertz CT molecular complexity index is 255. The van der Waals surface area contributed by atoms with Crippen LogP contribution in [0.4, 0.5) is 0 Å². The van der Waals surface area contributed by atoms with Crippen molar-refractivity contribution in [2.24, 2.45) is 0 Å². The highest BCUT2D eigenvalue weighted by molar-refractivity contribution is 7.10. The molecule has 0 radical (unpaired) electrons. The first kappa shape index (κ1) is 11.7. The Morgan fingerprint density at radius 2 is 2.29 bits per heavy atom. The molecule has 0 unspecified atom stereocenters. The van der Waals surface area contributed by atoms with Crippen LogP contribution in [0.25, 0.3) is 0 Å². The van der Waals surface area contributed by atoms with Crippen LogP contribution in [0.2, 0.25) is 0 Å². The Balaban J connectivity index is 2.61. The van der Waals surface area contributed by atoms with E-state index >= 15 is 0 Å². The molecule has 1 rings (SSSR count). The van der Waals surface area contributed by atoms with Crippen LogP contribution in [0.3, 0.4) is 0 Å². The molecule has 1 aromatic heterocycles. The zero-order chi connectivity index (χ0) is 10.4. The van der Waals surface area contributed by atoms with Gasteiger partial charge in [0.2, 0.25) is 0 Å². The van der Waals surface area contributed by atoms with E-state index in [1.54, 1.807) is 10.4 Å². The zero-order valence-corrected chi connectivity index (χ0v) is 10.3. The SMILES string of the molecule is CCCCc1sccc1[C@H](C)CNC. The summed E-state index contributed by atoms with van der Waals surface area (Å²) in [7, 11) is 2.02. The average molecular weight is 211 g/mol. The summed E-state index contributed by atoms with van der Waals surface area (Å²) in [6.45, 7) is 5.63. The normalized spacial score (nSPS) is 13.1. The van der Waals surface area contributed by atoms with E-state index in [2.05, 4.69) is 30.6 Å². The van der Waals surface area contributed by atoms with Gasteiger partial charge in [0.05, 0.1) is 0 Å². The molecule has 1 atom stereocenters. The molecule has 0 aliphatic heterocycles. The van der Waals surface area contributed by atoms with Gasteiger partial charge in [-0.1, -0.05) is 20.3 Å². The molecular formula is C12H21NS. The molecule has 0 aliphatic carbocycles. The highest BCUT2D eigenvalue weighted by atomic mass is 32.1. The Labute approximate surface area is 91.5 Å². The first-order valence-electron chi connectivity index (χ1n) is 5.50. The number of unbranched alkanes of at least 4 members (excludes halogenated alkanes) is 1. The van der Waals surface area contributed by atoms with Crippen LogP contribution in [0.15, 0.2) is 11.4 Å². The van der Waals surface area contributed by atoms with E-state index in [0.29, 0.717) is 5.92 Å². The third kappa shape index (κ3) is 3.10. The minimum Gasteiger partial charge on any atom is -0.319 e.